The molecule has 0 aromatic rings. The third-order valence-electron chi connectivity index (χ3n) is 4.63. The molecule has 1 heterocycles. The maximum atomic E-state index is 6.24. The fourth-order valence-corrected chi connectivity index (χ4v) is 2.87. The summed E-state index contributed by atoms with van der Waals surface area (Å²) in [6.45, 7) is 18.7. The van der Waals surface area contributed by atoms with Crippen molar-refractivity contribution in [3.63, 3.8) is 0 Å². The Morgan fingerprint density at radius 1 is 1.32 bits per heavy atom. The van der Waals surface area contributed by atoms with Gasteiger partial charge < -0.3 is 9.16 Å². The molecule has 0 unspecified atom stereocenters. The fourth-order valence-electron chi connectivity index (χ4n) is 1.87. The van der Waals surface area contributed by atoms with Crippen LogP contribution in [0.3, 0.4) is 0 Å². The Morgan fingerprint density at radius 3 is 2.37 bits per heavy atom. The van der Waals surface area contributed by atoms with E-state index in [4.69, 9.17) is 9.16 Å². The van der Waals surface area contributed by atoms with Gasteiger partial charge in [0, 0.05) is 0 Å². The first-order valence-electron chi connectivity index (χ1n) is 7.43. The van der Waals surface area contributed by atoms with Crippen LogP contribution in [-0.2, 0) is 9.16 Å². The molecule has 0 radical (unpaired) electrons. The fraction of sp³-hybridized carbons (Fsp3) is 0.875. The van der Waals surface area contributed by atoms with Gasteiger partial charge in [-0.1, -0.05) is 32.4 Å². The molecule has 1 aliphatic heterocycles. The minimum atomic E-state index is -1.63. The summed E-state index contributed by atoms with van der Waals surface area (Å²) < 4.78 is 12.1. The molecule has 0 bridgehead atoms. The smallest absolute Gasteiger partial charge is 0.192 e. The highest BCUT2D eigenvalue weighted by molar-refractivity contribution is 6.74. The van der Waals surface area contributed by atoms with E-state index in [9.17, 15) is 0 Å². The predicted molar refractivity (Wildman–Crippen MR) is 85.1 cm³/mol. The standard InChI is InChI=1S/C16H32O2Si/c1-13(2)10-9-11-16(6)14(18-16)12-17-19(7,8)15(3,4)5/h10,14H,9,11-12H2,1-8H3/t14-,16+/m0/s1. The molecule has 0 aromatic carbocycles. The van der Waals surface area contributed by atoms with E-state index in [0.29, 0.717) is 6.10 Å². The molecule has 1 aliphatic rings. The Hall–Kier alpha value is -0.123. The van der Waals surface area contributed by atoms with E-state index < -0.39 is 8.32 Å². The number of hydrogen-bond donors (Lipinski definition) is 0. The first-order chi connectivity index (χ1) is 8.48. The molecule has 0 aromatic heterocycles. The van der Waals surface area contributed by atoms with Crippen molar-refractivity contribution in [1.29, 1.82) is 0 Å². The van der Waals surface area contributed by atoms with Crippen LogP contribution in [0.1, 0.15) is 54.4 Å². The van der Waals surface area contributed by atoms with Crippen molar-refractivity contribution < 1.29 is 9.16 Å². The maximum absolute atomic E-state index is 6.24. The van der Waals surface area contributed by atoms with Crippen molar-refractivity contribution in [2.45, 2.75) is 84.2 Å². The van der Waals surface area contributed by atoms with E-state index in [1.54, 1.807) is 0 Å². The first kappa shape index (κ1) is 16.9. The van der Waals surface area contributed by atoms with E-state index in [2.05, 4.69) is 60.7 Å². The minimum Gasteiger partial charge on any atom is -0.414 e. The summed E-state index contributed by atoms with van der Waals surface area (Å²) in [7, 11) is -1.63. The van der Waals surface area contributed by atoms with Gasteiger partial charge in [-0.25, -0.2) is 0 Å². The van der Waals surface area contributed by atoms with E-state index in [1.165, 1.54) is 5.57 Å². The van der Waals surface area contributed by atoms with Crippen LogP contribution in [-0.4, -0.2) is 26.6 Å². The van der Waals surface area contributed by atoms with Crippen LogP contribution in [0.2, 0.25) is 18.1 Å². The van der Waals surface area contributed by atoms with Gasteiger partial charge >= 0.3 is 0 Å². The number of hydrogen-bond acceptors (Lipinski definition) is 2. The lowest BCUT2D eigenvalue weighted by Crippen LogP contribution is -2.42. The zero-order valence-electron chi connectivity index (χ0n) is 14.1. The lowest BCUT2D eigenvalue weighted by atomic mass is 10.0. The lowest BCUT2D eigenvalue weighted by molar-refractivity contribution is 0.235. The Labute approximate surface area is 120 Å². The highest BCUT2D eigenvalue weighted by Crippen LogP contribution is 2.43. The Morgan fingerprint density at radius 2 is 1.89 bits per heavy atom. The third-order valence-corrected chi connectivity index (χ3v) is 9.13. The van der Waals surface area contributed by atoms with Gasteiger partial charge in [0.25, 0.3) is 0 Å². The van der Waals surface area contributed by atoms with Gasteiger partial charge in [-0.3, -0.25) is 0 Å². The molecular weight excluding hydrogens is 252 g/mol. The Balaban J connectivity index is 2.36. The van der Waals surface area contributed by atoms with Crippen molar-refractivity contribution in [3.8, 4) is 0 Å². The van der Waals surface area contributed by atoms with Crippen LogP contribution >= 0.6 is 0 Å². The Kier molecular flexibility index (Phi) is 5.08. The summed E-state index contributed by atoms with van der Waals surface area (Å²) in [6, 6.07) is 0. The summed E-state index contributed by atoms with van der Waals surface area (Å²) >= 11 is 0. The number of allylic oxidation sites excluding steroid dienone is 2. The van der Waals surface area contributed by atoms with Gasteiger partial charge in [-0.15, -0.1) is 0 Å². The number of epoxide rings is 1. The minimum absolute atomic E-state index is 0.0499. The molecule has 0 aliphatic carbocycles. The molecule has 0 spiro atoms. The van der Waals surface area contributed by atoms with Gasteiger partial charge in [0.2, 0.25) is 0 Å². The van der Waals surface area contributed by atoms with Crippen LogP contribution in [0, 0.1) is 0 Å². The van der Waals surface area contributed by atoms with Crippen molar-refractivity contribution in [3.05, 3.63) is 11.6 Å². The summed E-state index contributed by atoms with van der Waals surface area (Å²) in [5.41, 5.74) is 1.44. The molecule has 1 saturated heterocycles. The van der Waals surface area contributed by atoms with E-state index in [0.717, 1.165) is 19.4 Å². The first-order valence-corrected chi connectivity index (χ1v) is 10.3. The molecule has 1 fully saturated rings. The average molecular weight is 285 g/mol. The van der Waals surface area contributed by atoms with Gasteiger partial charge in [0.05, 0.1) is 12.2 Å². The van der Waals surface area contributed by atoms with Crippen LogP contribution in [0.25, 0.3) is 0 Å². The van der Waals surface area contributed by atoms with Crippen molar-refractivity contribution in [2.75, 3.05) is 6.61 Å². The van der Waals surface area contributed by atoms with Crippen LogP contribution in [0.15, 0.2) is 11.6 Å². The molecule has 0 amide bonds. The highest BCUT2D eigenvalue weighted by Gasteiger charge is 2.52. The molecule has 112 valence electrons. The van der Waals surface area contributed by atoms with Crippen LogP contribution < -0.4 is 0 Å². The molecule has 1 rings (SSSR count). The second-order valence-corrected chi connectivity index (χ2v) is 12.6. The topological polar surface area (TPSA) is 21.8 Å². The summed E-state index contributed by atoms with van der Waals surface area (Å²) in [5.74, 6) is 0. The Bertz CT molecular complexity index is 337. The van der Waals surface area contributed by atoms with E-state index in [-0.39, 0.29) is 10.6 Å². The largest absolute Gasteiger partial charge is 0.414 e. The second kappa shape index (κ2) is 5.70. The van der Waals surface area contributed by atoms with Crippen LogP contribution in [0.5, 0.6) is 0 Å². The molecular formula is C16H32O2Si. The zero-order valence-corrected chi connectivity index (χ0v) is 15.1. The molecule has 0 saturated carbocycles. The SMILES string of the molecule is CC(C)=CCC[C@@]1(C)O[C@H]1CO[Si](C)(C)C(C)(C)C. The highest BCUT2D eigenvalue weighted by atomic mass is 28.4. The molecule has 0 N–H and O–H groups in total. The molecule has 3 heteroatoms. The molecule has 2 atom stereocenters. The lowest BCUT2D eigenvalue weighted by Gasteiger charge is -2.36. The van der Waals surface area contributed by atoms with Gasteiger partial charge in [-0.05, 0) is 51.7 Å². The average Bonchev–Trinajstić information content (AvgIpc) is 2.84. The van der Waals surface area contributed by atoms with Crippen LogP contribution in [0.4, 0.5) is 0 Å². The normalized spacial score (nSPS) is 27.3. The van der Waals surface area contributed by atoms with Crippen molar-refractivity contribution in [1.82, 2.24) is 0 Å². The molecule has 19 heavy (non-hydrogen) atoms. The summed E-state index contributed by atoms with van der Waals surface area (Å²) in [4.78, 5) is 0. The monoisotopic (exact) mass is 284 g/mol. The summed E-state index contributed by atoms with van der Waals surface area (Å²) in [5, 5.41) is 0.278. The van der Waals surface area contributed by atoms with Crippen molar-refractivity contribution >= 4 is 8.32 Å². The maximum Gasteiger partial charge on any atom is 0.192 e. The summed E-state index contributed by atoms with van der Waals surface area (Å²) in [6.07, 6.45) is 4.80. The van der Waals surface area contributed by atoms with Gasteiger partial charge in [0.15, 0.2) is 8.32 Å². The third kappa shape index (κ3) is 4.73. The quantitative estimate of drug-likeness (QED) is 0.392. The molecule has 2 nitrogen and oxygen atoms in total. The van der Waals surface area contributed by atoms with E-state index >= 15 is 0 Å². The second-order valence-electron chi connectivity index (χ2n) is 7.81. The number of ether oxygens (including phenoxy) is 1. The predicted octanol–water partition coefficient (Wildman–Crippen LogP) is 4.91. The van der Waals surface area contributed by atoms with Gasteiger partial charge in [0.1, 0.15) is 6.10 Å². The van der Waals surface area contributed by atoms with E-state index in [1.807, 2.05) is 0 Å². The number of rotatable bonds is 6. The van der Waals surface area contributed by atoms with Crippen molar-refractivity contribution in [2.24, 2.45) is 0 Å². The van der Waals surface area contributed by atoms with Gasteiger partial charge in [-0.2, -0.15) is 0 Å². The zero-order chi connectivity index (χ0) is 14.9.